The Morgan fingerprint density at radius 1 is 1.77 bits per heavy atom. The molecule has 1 aromatic heterocycles. The van der Waals surface area contributed by atoms with Gasteiger partial charge in [0, 0.05) is 10.7 Å². The Morgan fingerprint density at radius 2 is 2.46 bits per heavy atom. The van der Waals surface area contributed by atoms with Crippen molar-refractivity contribution in [3.05, 3.63) is 28.2 Å². The van der Waals surface area contributed by atoms with Crippen LogP contribution in [0.15, 0.2) is 16.7 Å². The second kappa shape index (κ2) is 4.32. The van der Waals surface area contributed by atoms with Gasteiger partial charge >= 0.3 is 5.97 Å². The van der Waals surface area contributed by atoms with Crippen LogP contribution in [-0.4, -0.2) is 17.6 Å². The molecule has 3 nitrogen and oxygen atoms in total. The van der Waals surface area contributed by atoms with Crippen LogP contribution in [0.5, 0.6) is 0 Å². The van der Waals surface area contributed by atoms with Crippen molar-refractivity contribution in [2.75, 3.05) is 6.61 Å². The highest BCUT2D eigenvalue weighted by Crippen LogP contribution is 2.13. The standard InChI is InChI=1S/C8H7BrFNO2/c1-2-13-8(12)6-3-5(9)4-11-7(6)10/h3-4H,2H2,1H3. The summed E-state index contributed by atoms with van der Waals surface area (Å²) >= 11 is 3.08. The van der Waals surface area contributed by atoms with Gasteiger partial charge in [0.25, 0.3) is 0 Å². The molecule has 1 aromatic rings. The van der Waals surface area contributed by atoms with Gasteiger partial charge in [0.1, 0.15) is 5.56 Å². The molecule has 5 heteroatoms. The minimum Gasteiger partial charge on any atom is -0.462 e. The summed E-state index contributed by atoms with van der Waals surface area (Å²) in [7, 11) is 0. The third-order valence-corrected chi connectivity index (χ3v) is 1.73. The maximum atomic E-state index is 12.9. The van der Waals surface area contributed by atoms with Gasteiger partial charge in [-0.25, -0.2) is 9.78 Å². The first-order valence-electron chi connectivity index (χ1n) is 3.63. The van der Waals surface area contributed by atoms with Gasteiger partial charge in [-0.15, -0.1) is 0 Å². The van der Waals surface area contributed by atoms with E-state index in [0.717, 1.165) is 0 Å². The van der Waals surface area contributed by atoms with Gasteiger partial charge < -0.3 is 4.74 Å². The van der Waals surface area contributed by atoms with Crippen molar-refractivity contribution >= 4 is 21.9 Å². The van der Waals surface area contributed by atoms with E-state index in [1.165, 1.54) is 12.3 Å². The predicted molar refractivity (Wildman–Crippen MR) is 47.9 cm³/mol. The molecule has 0 fully saturated rings. The van der Waals surface area contributed by atoms with Crippen LogP contribution in [0.1, 0.15) is 17.3 Å². The Morgan fingerprint density at radius 3 is 3.08 bits per heavy atom. The molecule has 0 atom stereocenters. The minimum absolute atomic E-state index is 0.156. The molecule has 70 valence electrons. The van der Waals surface area contributed by atoms with Crippen LogP contribution in [0.2, 0.25) is 0 Å². The van der Waals surface area contributed by atoms with Gasteiger partial charge in [-0.3, -0.25) is 0 Å². The van der Waals surface area contributed by atoms with Crippen molar-refractivity contribution in [2.45, 2.75) is 6.92 Å². The van der Waals surface area contributed by atoms with E-state index in [4.69, 9.17) is 0 Å². The molecule has 0 saturated heterocycles. The Bertz CT molecular complexity index is 330. The highest BCUT2D eigenvalue weighted by molar-refractivity contribution is 9.10. The monoisotopic (exact) mass is 247 g/mol. The molecule has 0 bridgehead atoms. The third kappa shape index (κ3) is 2.48. The molecule has 0 aliphatic carbocycles. The van der Waals surface area contributed by atoms with Gasteiger partial charge in [-0.1, -0.05) is 0 Å². The maximum absolute atomic E-state index is 12.9. The molecular formula is C8H7BrFNO2. The van der Waals surface area contributed by atoms with Crippen molar-refractivity contribution in [1.82, 2.24) is 4.98 Å². The molecule has 1 heterocycles. The topological polar surface area (TPSA) is 39.2 Å². The molecule has 0 spiro atoms. The van der Waals surface area contributed by atoms with Gasteiger partial charge in [0.2, 0.25) is 5.95 Å². The van der Waals surface area contributed by atoms with Crippen LogP contribution in [0.25, 0.3) is 0 Å². The first kappa shape index (κ1) is 10.1. The lowest BCUT2D eigenvalue weighted by Crippen LogP contribution is -2.08. The number of hydrogen-bond acceptors (Lipinski definition) is 3. The molecule has 0 aliphatic rings. The highest BCUT2D eigenvalue weighted by Gasteiger charge is 2.13. The van der Waals surface area contributed by atoms with Crippen LogP contribution >= 0.6 is 15.9 Å². The fourth-order valence-electron chi connectivity index (χ4n) is 0.775. The lowest BCUT2D eigenvalue weighted by molar-refractivity contribution is 0.0520. The van der Waals surface area contributed by atoms with Gasteiger partial charge in [-0.2, -0.15) is 4.39 Å². The maximum Gasteiger partial charge on any atom is 0.342 e. The van der Waals surface area contributed by atoms with E-state index in [2.05, 4.69) is 25.7 Å². The lowest BCUT2D eigenvalue weighted by atomic mass is 10.3. The second-order valence-corrected chi connectivity index (χ2v) is 3.13. The molecule has 0 aromatic carbocycles. The van der Waals surface area contributed by atoms with Crippen LogP contribution in [-0.2, 0) is 4.74 Å². The van der Waals surface area contributed by atoms with E-state index in [0.29, 0.717) is 4.47 Å². The summed E-state index contributed by atoms with van der Waals surface area (Å²) in [5.41, 5.74) is -0.156. The fourth-order valence-corrected chi connectivity index (χ4v) is 1.11. The van der Waals surface area contributed by atoms with E-state index in [-0.39, 0.29) is 12.2 Å². The fraction of sp³-hybridized carbons (Fsp3) is 0.250. The van der Waals surface area contributed by atoms with E-state index < -0.39 is 11.9 Å². The van der Waals surface area contributed by atoms with Crippen molar-refractivity contribution in [2.24, 2.45) is 0 Å². The van der Waals surface area contributed by atoms with E-state index >= 15 is 0 Å². The first-order valence-corrected chi connectivity index (χ1v) is 4.42. The summed E-state index contributed by atoms with van der Waals surface area (Å²) in [4.78, 5) is 14.5. The van der Waals surface area contributed by atoms with Gasteiger partial charge in [-0.05, 0) is 28.9 Å². The SMILES string of the molecule is CCOC(=O)c1cc(Br)cnc1F. The number of rotatable bonds is 2. The number of carbonyl (C=O) groups is 1. The number of halogens is 2. The summed E-state index contributed by atoms with van der Waals surface area (Å²) in [6, 6.07) is 1.33. The number of ether oxygens (including phenoxy) is 1. The predicted octanol–water partition coefficient (Wildman–Crippen LogP) is 2.16. The molecule has 0 aliphatic heterocycles. The van der Waals surface area contributed by atoms with Crippen LogP contribution < -0.4 is 0 Å². The second-order valence-electron chi connectivity index (χ2n) is 2.21. The number of esters is 1. The Hall–Kier alpha value is -0.970. The number of aromatic nitrogens is 1. The van der Waals surface area contributed by atoms with Crippen LogP contribution in [0.3, 0.4) is 0 Å². The average molecular weight is 248 g/mol. The zero-order valence-corrected chi connectivity index (χ0v) is 8.47. The van der Waals surface area contributed by atoms with Gasteiger partial charge in [0.15, 0.2) is 0 Å². The Labute approximate surface area is 83.1 Å². The van der Waals surface area contributed by atoms with Crippen molar-refractivity contribution in [1.29, 1.82) is 0 Å². The summed E-state index contributed by atoms with van der Waals surface area (Å²) < 4.78 is 18.1. The van der Waals surface area contributed by atoms with E-state index in [9.17, 15) is 9.18 Å². The summed E-state index contributed by atoms with van der Waals surface area (Å²) in [6.45, 7) is 1.87. The molecule has 0 N–H and O–H groups in total. The minimum atomic E-state index is -0.818. The number of hydrogen-bond donors (Lipinski definition) is 0. The number of pyridine rings is 1. The Balaban J connectivity index is 2.99. The molecule has 1 rings (SSSR count). The normalized spacial score (nSPS) is 9.77. The van der Waals surface area contributed by atoms with E-state index in [1.54, 1.807) is 6.92 Å². The Kier molecular flexibility index (Phi) is 3.36. The first-order chi connectivity index (χ1) is 6.15. The molecule has 0 unspecified atom stereocenters. The smallest absolute Gasteiger partial charge is 0.342 e. The summed E-state index contributed by atoms with van der Waals surface area (Å²) in [5.74, 6) is -1.52. The van der Waals surface area contributed by atoms with Crippen molar-refractivity contribution in [3.8, 4) is 0 Å². The van der Waals surface area contributed by atoms with Crippen molar-refractivity contribution in [3.63, 3.8) is 0 Å². The summed E-state index contributed by atoms with van der Waals surface area (Å²) in [6.07, 6.45) is 1.28. The average Bonchev–Trinajstić information content (AvgIpc) is 2.09. The zero-order valence-electron chi connectivity index (χ0n) is 6.88. The molecule has 0 saturated carbocycles. The quantitative estimate of drug-likeness (QED) is 0.594. The van der Waals surface area contributed by atoms with E-state index in [1.807, 2.05) is 0 Å². The number of carbonyl (C=O) groups excluding carboxylic acids is 1. The highest BCUT2D eigenvalue weighted by atomic mass is 79.9. The third-order valence-electron chi connectivity index (χ3n) is 1.30. The lowest BCUT2D eigenvalue weighted by Gasteiger charge is -2.01. The van der Waals surface area contributed by atoms with Crippen molar-refractivity contribution < 1.29 is 13.9 Å². The van der Waals surface area contributed by atoms with Gasteiger partial charge in [0.05, 0.1) is 6.61 Å². The van der Waals surface area contributed by atoms with Crippen LogP contribution in [0, 0.1) is 5.95 Å². The van der Waals surface area contributed by atoms with Crippen LogP contribution in [0.4, 0.5) is 4.39 Å². The molecule has 13 heavy (non-hydrogen) atoms. The zero-order chi connectivity index (χ0) is 9.84. The molecule has 0 amide bonds. The molecular weight excluding hydrogens is 241 g/mol. The number of nitrogens with zero attached hydrogens (tertiary/aromatic N) is 1. The summed E-state index contributed by atoms with van der Waals surface area (Å²) in [5, 5.41) is 0. The molecule has 0 radical (unpaired) electrons. The largest absolute Gasteiger partial charge is 0.462 e.